The Morgan fingerprint density at radius 2 is 2.08 bits per heavy atom. The molecular formula is C17H24F2N2O4S. The normalized spacial score (nSPS) is 20.0. The van der Waals surface area contributed by atoms with Gasteiger partial charge in [0, 0.05) is 18.7 Å². The predicted molar refractivity (Wildman–Crippen MR) is 93.4 cm³/mol. The number of benzene rings is 1. The van der Waals surface area contributed by atoms with E-state index in [1.807, 2.05) is 6.92 Å². The lowest BCUT2D eigenvalue weighted by molar-refractivity contribution is -0.126. The van der Waals surface area contributed by atoms with E-state index >= 15 is 0 Å². The van der Waals surface area contributed by atoms with Gasteiger partial charge in [0.25, 0.3) is 0 Å². The third-order valence-electron chi connectivity index (χ3n) is 4.46. The van der Waals surface area contributed by atoms with Crippen molar-refractivity contribution in [2.75, 3.05) is 19.3 Å². The fraction of sp³-hybridized carbons (Fsp3) is 0.588. The molecule has 0 aliphatic carbocycles. The molecule has 0 aromatic heterocycles. The van der Waals surface area contributed by atoms with Gasteiger partial charge >= 0.3 is 6.61 Å². The summed E-state index contributed by atoms with van der Waals surface area (Å²) in [6, 6.07) is 5.85. The Kier molecular flexibility index (Phi) is 6.94. The molecule has 9 heteroatoms. The van der Waals surface area contributed by atoms with Gasteiger partial charge in [-0.1, -0.05) is 25.1 Å². The smallest absolute Gasteiger partial charge is 0.387 e. The van der Waals surface area contributed by atoms with Crippen molar-refractivity contribution in [2.24, 2.45) is 5.92 Å². The zero-order valence-electron chi connectivity index (χ0n) is 14.8. The van der Waals surface area contributed by atoms with Crippen molar-refractivity contribution in [2.45, 2.75) is 38.8 Å². The summed E-state index contributed by atoms with van der Waals surface area (Å²) in [6.45, 7) is -0.583. The van der Waals surface area contributed by atoms with Crippen LogP contribution in [0.15, 0.2) is 24.3 Å². The first-order valence-corrected chi connectivity index (χ1v) is 10.4. The second-order valence-electron chi connectivity index (χ2n) is 6.35. The van der Waals surface area contributed by atoms with E-state index in [0.29, 0.717) is 31.4 Å². The van der Waals surface area contributed by atoms with Crippen LogP contribution in [0.4, 0.5) is 8.78 Å². The molecule has 146 valence electrons. The van der Waals surface area contributed by atoms with Gasteiger partial charge in [0.2, 0.25) is 15.9 Å². The van der Waals surface area contributed by atoms with Crippen LogP contribution in [0, 0.1) is 5.92 Å². The molecule has 1 heterocycles. The summed E-state index contributed by atoms with van der Waals surface area (Å²) in [4.78, 5) is 12.6. The highest BCUT2D eigenvalue weighted by Crippen LogP contribution is 2.29. The van der Waals surface area contributed by atoms with Gasteiger partial charge in [-0.3, -0.25) is 4.79 Å². The van der Waals surface area contributed by atoms with E-state index in [2.05, 4.69) is 10.1 Å². The van der Waals surface area contributed by atoms with Crippen molar-refractivity contribution in [1.29, 1.82) is 0 Å². The molecule has 26 heavy (non-hydrogen) atoms. The maximum atomic E-state index is 12.6. The molecule has 1 aromatic rings. The standard InChI is InChI=1S/C17H24F2N2O4S/c1-3-14(13-8-4-5-9-15(13)25-17(18)19)20-16(22)12-7-6-10-21(11-12)26(2,23)24/h4-5,8-9,12,14,17H,3,6-7,10-11H2,1-2H3,(H,20,22)/t12-,14-/m0/s1. The van der Waals surface area contributed by atoms with Crippen LogP contribution in [-0.4, -0.2) is 44.6 Å². The molecule has 2 atom stereocenters. The molecule has 0 bridgehead atoms. The molecule has 1 fully saturated rings. The fourth-order valence-corrected chi connectivity index (χ4v) is 4.03. The second-order valence-corrected chi connectivity index (χ2v) is 8.33. The second kappa shape index (κ2) is 8.77. The van der Waals surface area contributed by atoms with Crippen LogP contribution in [-0.2, 0) is 14.8 Å². The van der Waals surface area contributed by atoms with Gasteiger partial charge in [0.1, 0.15) is 5.75 Å². The number of hydrogen-bond acceptors (Lipinski definition) is 4. The lowest BCUT2D eigenvalue weighted by Crippen LogP contribution is -2.45. The maximum absolute atomic E-state index is 12.6. The van der Waals surface area contributed by atoms with Crippen molar-refractivity contribution in [3.63, 3.8) is 0 Å². The van der Waals surface area contributed by atoms with Gasteiger partial charge in [0.15, 0.2) is 0 Å². The van der Waals surface area contributed by atoms with Gasteiger partial charge < -0.3 is 10.1 Å². The Labute approximate surface area is 152 Å². The minimum atomic E-state index is -3.35. The first-order chi connectivity index (χ1) is 12.2. The van der Waals surface area contributed by atoms with Gasteiger partial charge in [0.05, 0.1) is 18.2 Å². The number of hydrogen-bond donors (Lipinski definition) is 1. The first-order valence-electron chi connectivity index (χ1n) is 8.51. The molecule has 1 N–H and O–H groups in total. The lowest BCUT2D eigenvalue weighted by atomic mass is 9.97. The van der Waals surface area contributed by atoms with Crippen LogP contribution in [0.5, 0.6) is 5.75 Å². The Morgan fingerprint density at radius 1 is 1.38 bits per heavy atom. The summed E-state index contributed by atoms with van der Waals surface area (Å²) in [7, 11) is -3.35. The average Bonchev–Trinajstić information content (AvgIpc) is 2.59. The number of carbonyl (C=O) groups excluding carboxylic acids is 1. The maximum Gasteiger partial charge on any atom is 0.387 e. The molecule has 1 aromatic carbocycles. The van der Waals surface area contributed by atoms with E-state index in [-0.39, 0.29) is 18.2 Å². The van der Waals surface area contributed by atoms with Crippen molar-refractivity contribution in [1.82, 2.24) is 9.62 Å². The van der Waals surface area contributed by atoms with Crippen LogP contribution in [0.2, 0.25) is 0 Å². The number of para-hydroxylation sites is 1. The number of nitrogens with one attached hydrogen (secondary N) is 1. The Morgan fingerprint density at radius 3 is 2.69 bits per heavy atom. The number of sulfonamides is 1. The molecule has 0 saturated carbocycles. The van der Waals surface area contributed by atoms with Gasteiger partial charge in [-0.2, -0.15) is 8.78 Å². The largest absolute Gasteiger partial charge is 0.434 e. The summed E-state index contributed by atoms with van der Waals surface area (Å²) in [5.41, 5.74) is 0.472. The molecule has 2 rings (SSSR count). The number of nitrogens with zero attached hydrogens (tertiary/aromatic N) is 1. The van der Waals surface area contributed by atoms with Gasteiger partial charge in [-0.05, 0) is 25.3 Å². The van der Waals surface area contributed by atoms with E-state index in [9.17, 15) is 22.0 Å². The monoisotopic (exact) mass is 390 g/mol. The molecule has 1 aliphatic rings. The number of halogens is 2. The van der Waals surface area contributed by atoms with Crippen LogP contribution < -0.4 is 10.1 Å². The summed E-state index contributed by atoms with van der Waals surface area (Å²) < 4.78 is 54.5. The van der Waals surface area contributed by atoms with Crippen LogP contribution in [0.1, 0.15) is 37.8 Å². The fourth-order valence-electron chi connectivity index (χ4n) is 3.12. The van der Waals surface area contributed by atoms with Crippen molar-refractivity contribution < 1.29 is 26.7 Å². The topological polar surface area (TPSA) is 75.7 Å². The minimum Gasteiger partial charge on any atom is -0.434 e. The molecule has 1 amide bonds. The van der Waals surface area contributed by atoms with Crippen molar-refractivity contribution in [3.05, 3.63) is 29.8 Å². The quantitative estimate of drug-likeness (QED) is 0.776. The number of carbonyl (C=O) groups is 1. The zero-order valence-corrected chi connectivity index (χ0v) is 15.6. The number of alkyl halides is 2. The highest BCUT2D eigenvalue weighted by atomic mass is 32.2. The molecule has 1 aliphatic heterocycles. The molecular weight excluding hydrogens is 366 g/mol. The summed E-state index contributed by atoms with van der Waals surface area (Å²) >= 11 is 0. The number of rotatable bonds is 7. The first kappa shape index (κ1) is 20.6. The highest BCUT2D eigenvalue weighted by Gasteiger charge is 2.31. The number of amides is 1. The van der Waals surface area contributed by atoms with E-state index in [0.717, 1.165) is 6.26 Å². The summed E-state index contributed by atoms with van der Waals surface area (Å²) in [5, 5.41) is 2.85. The van der Waals surface area contributed by atoms with Gasteiger partial charge in [-0.25, -0.2) is 12.7 Å². The van der Waals surface area contributed by atoms with Crippen molar-refractivity contribution in [3.8, 4) is 5.75 Å². The summed E-state index contributed by atoms with van der Waals surface area (Å²) in [5.74, 6) is -0.719. The Bertz CT molecular complexity index is 727. The molecule has 0 radical (unpaired) electrons. The third kappa shape index (κ3) is 5.38. The third-order valence-corrected chi connectivity index (χ3v) is 5.73. The van der Waals surface area contributed by atoms with E-state index < -0.39 is 28.6 Å². The van der Waals surface area contributed by atoms with Crippen molar-refractivity contribution >= 4 is 15.9 Å². The molecule has 1 saturated heterocycles. The zero-order chi connectivity index (χ0) is 19.3. The Balaban J connectivity index is 2.11. The molecule has 0 unspecified atom stereocenters. The van der Waals surface area contributed by atoms with E-state index in [1.54, 1.807) is 18.2 Å². The van der Waals surface area contributed by atoms with E-state index in [1.165, 1.54) is 10.4 Å². The Hall–Kier alpha value is -1.74. The summed E-state index contributed by atoms with van der Waals surface area (Å²) in [6.07, 6.45) is 2.80. The highest BCUT2D eigenvalue weighted by molar-refractivity contribution is 7.88. The van der Waals surface area contributed by atoms with Crippen LogP contribution in [0.3, 0.4) is 0 Å². The van der Waals surface area contributed by atoms with Crippen LogP contribution >= 0.6 is 0 Å². The minimum absolute atomic E-state index is 0.0241. The molecule has 6 nitrogen and oxygen atoms in total. The van der Waals surface area contributed by atoms with Crippen LogP contribution in [0.25, 0.3) is 0 Å². The average molecular weight is 390 g/mol. The van der Waals surface area contributed by atoms with Gasteiger partial charge in [-0.15, -0.1) is 0 Å². The number of ether oxygens (including phenoxy) is 1. The molecule has 0 spiro atoms. The SMILES string of the molecule is CC[C@H](NC(=O)[C@H]1CCCN(S(C)(=O)=O)C1)c1ccccc1OC(F)F. The predicted octanol–water partition coefficient (Wildman–Crippen LogP) is 2.53. The lowest BCUT2D eigenvalue weighted by Gasteiger charge is -2.31. The number of piperidine rings is 1. The van der Waals surface area contributed by atoms with E-state index in [4.69, 9.17) is 0 Å².